The van der Waals surface area contributed by atoms with Crippen molar-refractivity contribution in [2.24, 2.45) is 0 Å². The molecule has 110 valence electrons. The van der Waals surface area contributed by atoms with E-state index in [-0.39, 0.29) is 17.2 Å². The fourth-order valence-corrected chi connectivity index (χ4v) is 2.84. The van der Waals surface area contributed by atoms with Crippen molar-refractivity contribution >= 4 is 29.3 Å². The molecule has 0 spiro atoms. The molecule has 3 nitrogen and oxygen atoms in total. The Morgan fingerprint density at radius 3 is 2.38 bits per heavy atom. The lowest BCUT2D eigenvalue weighted by Crippen LogP contribution is -2.33. The van der Waals surface area contributed by atoms with E-state index in [1.165, 1.54) is 11.8 Å². The fraction of sp³-hybridized carbons (Fsp3) is 0.250. The van der Waals surface area contributed by atoms with Gasteiger partial charge in [-0.25, -0.2) is 0 Å². The lowest BCUT2D eigenvalue weighted by molar-refractivity contribution is -0.120. The highest BCUT2D eigenvalue weighted by molar-refractivity contribution is 8.00. The lowest BCUT2D eigenvalue weighted by atomic mass is 10.1. The Morgan fingerprint density at radius 2 is 1.76 bits per heavy atom. The van der Waals surface area contributed by atoms with Crippen molar-refractivity contribution in [2.45, 2.75) is 30.0 Å². The Kier molecular flexibility index (Phi) is 5.65. The quantitative estimate of drug-likeness (QED) is 0.844. The molecule has 0 unspecified atom stereocenters. The first-order valence-electron chi connectivity index (χ1n) is 6.69. The Balaban J connectivity index is 1.92. The summed E-state index contributed by atoms with van der Waals surface area (Å²) in [4.78, 5) is 17.2. The van der Waals surface area contributed by atoms with Crippen LogP contribution in [0.1, 0.15) is 25.5 Å². The van der Waals surface area contributed by atoms with E-state index < -0.39 is 0 Å². The van der Waals surface area contributed by atoms with Gasteiger partial charge in [-0.3, -0.25) is 9.78 Å². The number of aromatic nitrogens is 1. The second-order valence-corrected chi connectivity index (χ2v) is 6.58. The number of pyridine rings is 1. The van der Waals surface area contributed by atoms with Gasteiger partial charge in [0, 0.05) is 22.3 Å². The summed E-state index contributed by atoms with van der Waals surface area (Å²) in [6.07, 6.45) is 3.45. The lowest BCUT2D eigenvalue weighted by Gasteiger charge is -2.17. The highest BCUT2D eigenvalue weighted by Crippen LogP contribution is 2.25. The molecule has 0 aliphatic rings. The van der Waals surface area contributed by atoms with Crippen molar-refractivity contribution < 1.29 is 4.79 Å². The van der Waals surface area contributed by atoms with Gasteiger partial charge in [-0.2, -0.15) is 0 Å². The summed E-state index contributed by atoms with van der Waals surface area (Å²) in [5.74, 6) is 0.0132. The molecule has 0 radical (unpaired) electrons. The Hall–Kier alpha value is -1.52. The fourth-order valence-electron chi connectivity index (χ4n) is 1.84. The van der Waals surface area contributed by atoms with Crippen molar-refractivity contribution in [1.82, 2.24) is 10.3 Å². The number of nitrogens with one attached hydrogen (secondary N) is 1. The van der Waals surface area contributed by atoms with Gasteiger partial charge in [-0.1, -0.05) is 11.6 Å². The molecule has 2 aromatic rings. The number of halogens is 1. The van der Waals surface area contributed by atoms with Gasteiger partial charge in [0.05, 0.1) is 11.3 Å². The van der Waals surface area contributed by atoms with Gasteiger partial charge in [0.15, 0.2) is 0 Å². The van der Waals surface area contributed by atoms with Crippen LogP contribution in [0.2, 0.25) is 5.02 Å². The standard InChI is InChI=1S/C16H17ClN2OS/c1-11(13-7-9-18-10-8-13)19-16(20)12(2)21-15-5-3-14(17)4-6-15/h3-12H,1-2H3,(H,19,20)/t11-,12+/m0/s1. The van der Waals surface area contributed by atoms with Crippen molar-refractivity contribution in [3.63, 3.8) is 0 Å². The van der Waals surface area contributed by atoms with Crippen LogP contribution < -0.4 is 5.32 Å². The molecule has 1 aromatic heterocycles. The number of rotatable bonds is 5. The summed E-state index contributed by atoms with van der Waals surface area (Å²) in [6, 6.07) is 11.3. The minimum atomic E-state index is -0.171. The molecular formula is C16H17ClN2OS. The summed E-state index contributed by atoms with van der Waals surface area (Å²) in [6.45, 7) is 3.86. The second-order valence-electron chi connectivity index (χ2n) is 4.72. The van der Waals surface area contributed by atoms with Crippen LogP contribution in [0.25, 0.3) is 0 Å². The van der Waals surface area contributed by atoms with E-state index in [2.05, 4.69) is 10.3 Å². The third kappa shape index (κ3) is 4.76. The number of hydrogen-bond donors (Lipinski definition) is 1. The van der Waals surface area contributed by atoms with Gasteiger partial charge in [0.2, 0.25) is 5.91 Å². The molecule has 0 saturated carbocycles. The summed E-state index contributed by atoms with van der Waals surface area (Å²) >= 11 is 7.37. The molecule has 0 aliphatic carbocycles. The molecule has 21 heavy (non-hydrogen) atoms. The molecule has 0 fully saturated rings. The zero-order chi connectivity index (χ0) is 15.2. The number of benzene rings is 1. The van der Waals surface area contributed by atoms with Crippen LogP contribution in [0.15, 0.2) is 53.7 Å². The van der Waals surface area contributed by atoms with Crippen LogP contribution in [-0.2, 0) is 4.79 Å². The van der Waals surface area contributed by atoms with Crippen LogP contribution in [0.5, 0.6) is 0 Å². The summed E-state index contributed by atoms with van der Waals surface area (Å²) < 4.78 is 0. The van der Waals surface area contributed by atoms with E-state index in [1.807, 2.05) is 50.2 Å². The van der Waals surface area contributed by atoms with Gasteiger partial charge in [0.1, 0.15) is 0 Å². The molecular weight excluding hydrogens is 304 g/mol. The van der Waals surface area contributed by atoms with E-state index >= 15 is 0 Å². The first kappa shape index (κ1) is 15.9. The van der Waals surface area contributed by atoms with Gasteiger partial charge in [-0.05, 0) is 55.8 Å². The smallest absolute Gasteiger partial charge is 0.233 e. The van der Waals surface area contributed by atoms with Crippen LogP contribution in [-0.4, -0.2) is 16.1 Å². The molecule has 0 bridgehead atoms. The Bertz CT molecular complexity index is 589. The van der Waals surface area contributed by atoms with Crippen LogP contribution in [0.3, 0.4) is 0 Å². The average Bonchev–Trinajstić information content (AvgIpc) is 2.50. The van der Waals surface area contributed by atoms with E-state index in [0.29, 0.717) is 5.02 Å². The number of hydrogen-bond acceptors (Lipinski definition) is 3. The molecule has 5 heteroatoms. The first-order chi connectivity index (χ1) is 10.1. The number of nitrogens with zero attached hydrogens (tertiary/aromatic N) is 1. The molecule has 0 aliphatic heterocycles. The maximum atomic E-state index is 12.2. The third-order valence-electron chi connectivity index (χ3n) is 3.06. The monoisotopic (exact) mass is 320 g/mol. The molecule has 2 rings (SSSR count). The molecule has 1 N–H and O–H groups in total. The summed E-state index contributed by atoms with van der Waals surface area (Å²) in [5.41, 5.74) is 1.04. The van der Waals surface area contributed by atoms with Gasteiger partial charge in [-0.15, -0.1) is 11.8 Å². The van der Waals surface area contributed by atoms with Crippen LogP contribution in [0.4, 0.5) is 0 Å². The molecule has 1 aromatic carbocycles. The van der Waals surface area contributed by atoms with Gasteiger partial charge in [0.25, 0.3) is 0 Å². The third-order valence-corrected chi connectivity index (χ3v) is 4.42. The summed E-state index contributed by atoms with van der Waals surface area (Å²) in [5, 5.41) is 3.54. The van der Waals surface area contributed by atoms with E-state index in [0.717, 1.165) is 10.5 Å². The Morgan fingerprint density at radius 1 is 1.14 bits per heavy atom. The molecule has 2 atom stereocenters. The van der Waals surface area contributed by atoms with Gasteiger partial charge < -0.3 is 5.32 Å². The highest BCUT2D eigenvalue weighted by atomic mass is 35.5. The van der Waals surface area contributed by atoms with Crippen molar-refractivity contribution in [3.8, 4) is 0 Å². The minimum Gasteiger partial charge on any atom is -0.349 e. The number of amides is 1. The largest absolute Gasteiger partial charge is 0.349 e. The van der Waals surface area contributed by atoms with Crippen molar-refractivity contribution in [1.29, 1.82) is 0 Å². The number of carbonyl (C=O) groups is 1. The second kappa shape index (κ2) is 7.48. The van der Waals surface area contributed by atoms with Crippen LogP contribution in [0, 0.1) is 0 Å². The molecule has 1 heterocycles. The zero-order valence-corrected chi connectivity index (χ0v) is 13.5. The normalized spacial score (nSPS) is 13.5. The first-order valence-corrected chi connectivity index (χ1v) is 7.94. The number of carbonyl (C=O) groups excluding carboxylic acids is 1. The van der Waals surface area contributed by atoms with Crippen molar-refractivity contribution in [3.05, 3.63) is 59.4 Å². The molecule has 1 amide bonds. The van der Waals surface area contributed by atoms with E-state index in [9.17, 15) is 4.79 Å². The molecule has 0 saturated heterocycles. The predicted molar refractivity (Wildman–Crippen MR) is 87.6 cm³/mol. The van der Waals surface area contributed by atoms with Crippen molar-refractivity contribution in [2.75, 3.05) is 0 Å². The predicted octanol–water partition coefficient (Wildman–Crippen LogP) is 4.09. The van der Waals surface area contributed by atoms with Gasteiger partial charge >= 0.3 is 0 Å². The minimum absolute atomic E-state index is 0.0132. The zero-order valence-electron chi connectivity index (χ0n) is 11.9. The average molecular weight is 321 g/mol. The van der Waals surface area contributed by atoms with Crippen LogP contribution >= 0.6 is 23.4 Å². The van der Waals surface area contributed by atoms with E-state index in [4.69, 9.17) is 11.6 Å². The maximum Gasteiger partial charge on any atom is 0.233 e. The maximum absolute atomic E-state index is 12.2. The van der Waals surface area contributed by atoms with E-state index in [1.54, 1.807) is 12.4 Å². The topological polar surface area (TPSA) is 42.0 Å². The SMILES string of the molecule is C[C@H](NC(=O)[C@@H](C)Sc1ccc(Cl)cc1)c1ccncc1. The summed E-state index contributed by atoms with van der Waals surface area (Å²) in [7, 11) is 0. The number of thioether (sulfide) groups is 1. The highest BCUT2D eigenvalue weighted by Gasteiger charge is 2.17. The Labute approximate surface area is 134 Å².